The molecule has 4 rings (SSSR count). The lowest BCUT2D eigenvalue weighted by molar-refractivity contribution is -0.192. The van der Waals surface area contributed by atoms with E-state index >= 15 is 0 Å². The number of fused-ring (bicyclic) bond motifs is 1. The molecule has 10 heteroatoms. The number of pyridine rings is 1. The van der Waals surface area contributed by atoms with Crippen LogP contribution in [-0.4, -0.2) is 76.8 Å². The number of aliphatic carboxylic acids is 1. The van der Waals surface area contributed by atoms with Gasteiger partial charge < -0.3 is 14.7 Å². The topological polar surface area (TPSA) is 83.0 Å². The van der Waals surface area contributed by atoms with Gasteiger partial charge in [-0.2, -0.15) is 13.2 Å². The molecule has 3 aliphatic heterocycles. The van der Waals surface area contributed by atoms with Crippen molar-refractivity contribution in [3.63, 3.8) is 0 Å². The molecule has 1 aromatic heterocycles. The van der Waals surface area contributed by atoms with Crippen molar-refractivity contribution in [2.45, 2.75) is 45.0 Å². The average molecular weight is 443 g/mol. The number of hydrogen-bond donors (Lipinski definition) is 1. The van der Waals surface area contributed by atoms with Gasteiger partial charge in [-0.1, -0.05) is 6.07 Å². The molecule has 1 N–H and O–H groups in total. The van der Waals surface area contributed by atoms with Gasteiger partial charge in [0.25, 0.3) is 0 Å². The summed E-state index contributed by atoms with van der Waals surface area (Å²) >= 11 is 0. The second-order valence-electron chi connectivity index (χ2n) is 8.27. The average Bonchev–Trinajstić information content (AvgIpc) is 3.38. The Kier molecular flexibility index (Phi) is 7.53. The van der Waals surface area contributed by atoms with Crippen LogP contribution in [0.2, 0.25) is 0 Å². The summed E-state index contributed by atoms with van der Waals surface area (Å²) in [5, 5.41) is 7.12. The standard InChI is InChI=1S/C19H27N3O2.C2HF3O2/c1-14-5-4-6-15(20-14)11-21-12-17(16-7-10-24-18(16)13-21)19(23)22-8-2-3-9-22;3-2(4,5)1(6)7/h4-6,16-18H,2-3,7-13H2,1H3;(H,6,7)/t16-,17-,18+;/m0./s1. The summed E-state index contributed by atoms with van der Waals surface area (Å²) in [5.41, 5.74) is 2.13. The first kappa shape index (κ1) is 23.5. The third kappa shape index (κ3) is 6.16. The maximum absolute atomic E-state index is 13.0. The van der Waals surface area contributed by atoms with Crippen LogP contribution in [-0.2, 0) is 20.9 Å². The van der Waals surface area contributed by atoms with Crippen molar-refractivity contribution in [3.8, 4) is 0 Å². The zero-order valence-electron chi connectivity index (χ0n) is 17.5. The molecule has 1 amide bonds. The Morgan fingerprint density at radius 2 is 1.90 bits per heavy atom. The van der Waals surface area contributed by atoms with E-state index in [2.05, 4.69) is 26.9 Å². The second kappa shape index (κ2) is 9.95. The molecule has 4 heterocycles. The number of hydrogen-bond acceptors (Lipinski definition) is 5. The Morgan fingerprint density at radius 1 is 1.23 bits per heavy atom. The van der Waals surface area contributed by atoms with Gasteiger partial charge in [-0.05, 0) is 38.3 Å². The van der Waals surface area contributed by atoms with E-state index in [1.54, 1.807) is 0 Å². The smallest absolute Gasteiger partial charge is 0.475 e. The maximum Gasteiger partial charge on any atom is 0.490 e. The van der Waals surface area contributed by atoms with Crippen LogP contribution in [0.25, 0.3) is 0 Å². The Balaban J connectivity index is 0.000000339. The van der Waals surface area contributed by atoms with E-state index in [1.807, 2.05) is 13.0 Å². The Bertz CT molecular complexity index is 783. The number of carboxylic acids is 1. The molecule has 0 spiro atoms. The highest BCUT2D eigenvalue weighted by atomic mass is 19.4. The van der Waals surface area contributed by atoms with Crippen LogP contribution in [0.4, 0.5) is 13.2 Å². The van der Waals surface area contributed by atoms with E-state index in [1.165, 1.54) is 0 Å². The molecule has 0 aromatic carbocycles. The Labute approximate surface area is 179 Å². The van der Waals surface area contributed by atoms with Crippen molar-refractivity contribution in [2.75, 3.05) is 32.8 Å². The molecular formula is C21H28F3N3O4. The molecule has 3 atom stereocenters. The highest BCUT2D eigenvalue weighted by molar-refractivity contribution is 5.80. The summed E-state index contributed by atoms with van der Waals surface area (Å²) in [5.74, 6) is -1.91. The SMILES string of the molecule is Cc1cccc(CN2C[C@H](C(=O)N3CCCC3)[C@@H]3CCO[C@@H]3C2)n1.O=C(O)C(F)(F)F. The Hall–Kier alpha value is -2.20. The number of carbonyl (C=O) groups is 2. The minimum Gasteiger partial charge on any atom is -0.475 e. The van der Waals surface area contributed by atoms with Gasteiger partial charge in [0.2, 0.25) is 5.91 Å². The van der Waals surface area contributed by atoms with Crippen molar-refractivity contribution in [1.82, 2.24) is 14.8 Å². The summed E-state index contributed by atoms with van der Waals surface area (Å²) in [6, 6.07) is 6.16. The van der Waals surface area contributed by atoms with Crippen molar-refractivity contribution in [1.29, 1.82) is 0 Å². The normalized spacial score (nSPS) is 26.2. The molecule has 0 saturated carbocycles. The first-order chi connectivity index (χ1) is 14.6. The number of aromatic nitrogens is 1. The van der Waals surface area contributed by atoms with Gasteiger partial charge in [-0.15, -0.1) is 0 Å². The number of carboxylic acid groups (broad SMARTS) is 1. The van der Waals surface area contributed by atoms with E-state index in [-0.39, 0.29) is 12.0 Å². The van der Waals surface area contributed by atoms with Crippen molar-refractivity contribution >= 4 is 11.9 Å². The maximum atomic E-state index is 13.0. The largest absolute Gasteiger partial charge is 0.490 e. The van der Waals surface area contributed by atoms with Crippen LogP contribution in [0.1, 0.15) is 30.7 Å². The quantitative estimate of drug-likeness (QED) is 0.773. The number of carbonyl (C=O) groups excluding carboxylic acids is 1. The molecule has 3 saturated heterocycles. The van der Waals surface area contributed by atoms with Crippen LogP contribution in [0, 0.1) is 18.8 Å². The lowest BCUT2D eigenvalue weighted by atomic mass is 9.82. The van der Waals surface area contributed by atoms with Crippen molar-refractivity contribution in [3.05, 3.63) is 29.6 Å². The molecule has 1 aromatic rings. The minimum atomic E-state index is -5.08. The molecule has 31 heavy (non-hydrogen) atoms. The summed E-state index contributed by atoms with van der Waals surface area (Å²) < 4.78 is 37.7. The first-order valence-corrected chi connectivity index (χ1v) is 10.5. The van der Waals surface area contributed by atoms with Gasteiger partial charge in [0, 0.05) is 50.9 Å². The fourth-order valence-corrected chi connectivity index (χ4v) is 4.53. The lowest BCUT2D eigenvalue weighted by Crippen LogP contribution is -2.52. The molecule has 0 bridgehead atoms. The monoisotopic (exact) mass is 443 g/mol. The van der Waals surface area contributed by atoms with Crippen LogP contribution in [0.5, 0.6) is 0 Å². The van der Waals surface area contributed by atoms with E-state index in [0.717, 1.165) is 70.0 Å². The first-order valence-electron chi connectivity index (χ1n) is 10.5. The third-order valence-corrected chi connectivity index (χ3v) is 5.98. The van der Waals surface area contributed by atoms with Gasteiger partial charge in [-0.3, -0.25) is 14.7 Å². The molecule has 7 nitrogen and oxygen atoms in total. The van der Waals surface area contributed by atoms with Gasteiger partial charge >= 0.3 is 12.1 Å². The van der Waals surface area contributed by atoms with Gasteiger partial charge in [0.15, 0.2) is 0 Å². The predicted octanol–water partition coefficient (Wildman–Crippen LogP) is 2.48. The number of likely N-dealkylation sites (tertiary alicyclic amines) is 2. The number of piperidine rings is 1. The summed E-state index contributed by atoms with van der Waals surface area (Å²) in [6.45, 7) is 7.27. The van der Waals surface area contributed by atoms with E-state index in [4.69, 9.17) is 14.6 Å². The van der Waals surface area contributed by atoms with Crippen LogP contribution >= 0.6 is 0 Å². The summed E-state index contributed by atoms with van der Waals surface area (Å²) in [6.07, 6.45) is -1.54. The number of rotatable bonds is 3. The van der Waals surface area contributed by atoms with Gasteiger partial charge in [0.05, 0.1) is 17.7 Å². The minimum absolute atomic E-state index is 0.0918. The van der Waals surface area contributed by atoms with Crippen LogP contribution in [0.15, 0.2) is 18.2 Å². The fourth-order valence-electron chi connectivity index (χ4n) is 4.53. The summed E-state index contributed by atoms with van der Waals surface area (Å²) in [7, 11) is 0. The highest BCUT2D eigenvalue weighted by Crippen LogP contribution is 2.35. The van der Waals surface area contributed by atoms with Crippen LogP contribution < -0.4 is 0 Å². The molecule has 0 aliphatic carbocycles. The third-order valence-electron chi connectivity index (χ3n) is 5.98. The van der Waals surface area contributed by atoms with Crippen molar-refractivity contribution in [2.24, 2.45) is 11.8 Å². The number of alkyl halides is 3. The van der Waals surface area contributed by atoms with Gasteiger partial charge in [-0.25, -0.2) is 4.79 Å². The lowest BCUT2D eigenvalue weighted by Gasteiger charge is -2.40. The number of halogens is 3. The molecule has 0 radical (unpaired) electrons. The van der Waals surface area contributed by atoms with E-state index in [9.17, 15) is 18.0 Å². The number of ether oxygens (including phenoxy) is 1. The molecule has 172 valence electrons. The molecule has 3 fully saturated rings. The van der Waals surface area contributed by atoms with E-state index in [0.29, 0.717) is 11.8 Å². The van der Waals surface area contributed by atoms with Crippen LogP contribution in [0.3, 0.4) is 0 Å². The zero-order chi connectivity index (χ0) is 22.6. The van der Waals surface area contributed by atoms with Crippen molar-refractivity contribution < 1.29 is 32.6 Å². The number of amides is 1. The predicted molar refractivity (Wildman–Crippen MR) is 105 cm³/mol. The Morgan fingerprint density at radius 3 is 2.52 bits per heavy atom. The van der Waals surface area contributed by atoms with Gasteiger partial charge in [0.1, 0.15) is 0 Å². The molecular weight excluding hydrogens is 415 g/mol. The highest BCUT2D eigenvalue weighted by Gasteiger charge is 2.45. The molecule has 3 aliphatic rings. The molecule has 0 unspecified atom stereocenters. The summed E-state index contributed by atoms with van der Waals surface area (Å²) in [4.78, 5) is 31.0. The zero-order valence-corrected chi connectivity index (χ0v) is 17.5. The second-order valence-corrected chi connectivity index (χ2v) is 8.27. The number of nitrogens with zero attached hydrogens (tertiary/aromatic N) is 3. The number of aryl methyl sites for hydroxylation is 1. The fraction of sp³-hybridized carbons (Fsp3) is 0.667. The van der Waals surface area contributed by atoms with E-state index < -0.39 is 12.1 Å².